The highest BCUT2D eigenvalue weighted by Crippen LogP contribution is 2.13. The molecule has 1 aliphatic heterocycles. The van der Waals surface area contributed by atoms with Gasteiger partial charge in [-0.15, -0.1) is 0 Å². The van der Waals surface area contributed by atoms with Crippen LogP contribution in [-0.4, -0.2) is 55.2 Å². The van der Waals surface area contributed by atoms with Gasteiger partial charge in [0.1, 0.15) is 0 Å². The number of nitrogens with two attached hydrogens (primary N) is 1. The second kappa shape index (κ2) is 6.18. The van der Waals surface area contributed by atoms with Gasteiger partial charge >= 0.3 is 0 Å². The Labute approximate surface area is 97.3 Å². The fraction of sp³-hybridized carbons (Fsp3) is 0.909. The molecule has 0 aliphatic carbocycles. The van der Waals surface area contributed by atoms with E-state index in [1.165, 1.54) is 0 Å². The van der Waals surface area contributed by atoms with Gasteiger partial charge in [0.2, 0.25) is 5.91 Å². The molecule has 1 aliphatic rings. The fourth-order valence-electron chi connectivity index (χ4n) is 2.02. The Morgan fingerprint density at radius 1 is 1.62 bits per heavy atom. The molecule has 16 heavy (non-hydrogen) atoms. The van der Waals surface area contributed by atoms with Gasteiger partial charge in [-0.25, -0.2) is 0 Å². The third kappa shape index (κ3) is 3.43. The number of carbonyl (C=O) groups excluding carboxylic acids is 1. The lowest BCUT2D eigenvalue weighted by Crippen LogP contribution is -2.55. The second-order valence-electron chi connectivity index (χ2n) is 4.33. The monoisotopic (exact) mass is 229 g/mol. The predicted molar refractivity (Wildman–Crippen MR) is 63.1 cm³/mol. The molecule has 5 nitrogen and oxygen atoms in total. The molecule has 0 aromatic heterocycles. The number of hydrogen-bond acceptors (Lipinski definition) is 4. The Bertz CT molecular complexity index is 235. The van der Waals surface area contributed by atoms with Crippen molar-refractivity contribution in [1.82, 2.24) is 10.2 Å². The van der Waals surface area contributed by atoms with Crippen LogP contribution in [0.3, 0.4) is 0 Å². The van der Waals surface area contributed by atoms with Crippen molar-refractivity contribution in [3.63, 3.8) is 0 Å². The first kappa shape index (κ1) is 13.4. The number of morpholine rings is 1. The SMILES string of the molecule is CCNC(=O)C(C)N1CC(C)OC(CN)C1. The molecule has 1 amide bonds. The molecule has 0 radical (unpaired) electrons. The molecule has 0 spiro atoms. The number of hydrogen-bond donors (Lipinski definition) is 2. The molecule has 94 valence electrons. The second-order valence-corrected chi connectivity index (χ2v) is 4.33. The Hall–Kier alpha value is -0.650. The van der Waals surface area contributed by atoms with Crippen molar-refractivity contribution in [1.29, 1.82) is 0 Å². The summed E-state index contributed by atoms with van der Waals surface area (Å²) < 4.78 is 5.66. The van der Waals surface area contributed by atoms with E-state index in [9.17, 15) is 4.79 Å². The van der Waals surface area contributed by atoms with E-state index in [-0.39, 0.29) is 24.2 Å². The summed E-state index contributed by atoms with van der Waals surface area (Å²) in [6.07, 6.45) is 0.180. The zero-order valence-corrected chi connectivity index (χ0v) is 10.4. The van der Waals surface area contributed by atoms with Crippen LogP contribution in [0.5, 0.6) is 0 Å². The molecule has 1 heterocycles. The van der Waals surface area contributed by atoms with Crippen LogP contribution in [0.25, 0.3) is 0 Å². The molecule has 0 aromatic carbocycles. The summed E-state index contributed by atoms with van der Waals surface area (Å²) in [7, 11) is 0. The molecule has 1 saturated heterocycles. The van der Waals surface area contributed by atoms with Gasteiger partial charge in [-0.1, -0.05) is 0 Å². The number of nitrogens with one attached hydrogen (secondary N) is 1. The van der Waals surface area contributed by atoms with Gasteiger partial charge in [0.25, 0.3) is 0 Å². The standard InChI is InChI=1S/C11H23N3O2/c1-4-13-11(15)9(3)14-6-8(2)16-10(5-12)7-14/h8-10H,4-7,12H2,1-3H3,(H,13,15). The van der Waals surface area contributed by atoms with Crippen molar-refractivity contribution in [2.24, 2.45) is 5.73 Å². The first-order chi connectivity index (χ1) is 7.58. The van der Waals surface area contributed by atoms with E-state index in [0.29, 0.717) is 13.1 Å². The van der Waals surface area contributed by atoms with Crippen LogP contribution in [0.15, 0.2) is 0 Å². The zero-order valence-electron chi connectivity index (χ0n) is 10.4. The van der Waals surface area contributed by atoms with E-state index in [4.69, 9.17) is 10.5 Å². The number of rotatable bonds is 4. The Kier molecular flexibility index (Phi) is 5.18. The van der Waals surface area contributed by atoms with E-state index in [1.807, 2.05) is 20.8 Å². The van der Waals surface area contributed by atoms with Crippen LogP contribution in [0, 0.1) is 0 Å². The van der Waals surface area contributed by atoms with E-state index in [0.717, 1.165) is 13.1 Å². The van der Waals surface area contributed by atoms with Crippen molar-refractivity contribution in [3.05, 3.63) is 0 Å². The van der Waals surface area contributed by atoms with Crippen molar-refractivity contribution in [2.45, 2.75) is 39.0 Å². The Morgan fingerprint density at radius 3 is 2.88 bits per heavy atom. The maximum atomic E-state index is 11.7. The summed E-state index contributed by atoms with van der Waals surface area (Å²) in [5.74, 6) is 0.0763. The van der Waals surface area contributed by atoms with Crippen LogP contribution < -0.4 is 11.1 Å². The molecule has 5 heteroatoms. The first-order valence-electron chi connectivity index (χ1n) is 5.95. The minimum Gasteiger partial charge on any atom is -0.371 e. The Morgan fingerprint density at radius 2 is 2.31 bits per heavy atom. The van der Waals surface area contributed by atoms with Gasteiger partial charge in [-0.05, 0) is 20.8 Å². The summed E-state index contributed by atoms with van der Waals surface area (Å²) in [6, 6.07) is -0.111. The molecule has 1 rings (SSSR count). The highest BCUT2D eigenvalue weighted by atomic mass is 16.5. The van der Waals surface area contributed by atoms with Gasteiger partial charge in [0.05, 0.1) is 18.2 Å². The van der Waals surface area contributed by atoms with Crippen molar-refractivity contribution >= 4 is 5.91 Å². The molecule has 1 fully saturated rings. The third-order valence-electron chi connectivity index (χ3n) is 2.90. The predicted octanol–water partition coefficient (Wildman–Crippen LogP) is -0.441. The number of amides is 1. The minimum atomic E-state index is -0.111. The van der Waals surface area contributed by atoms with Crippen molar-refractivity contribution in [2.75, 3.05) is 26.2 Å². The number of nitrogens with zero attached hydrogens (tertiary/aromatic N) is 1. The van der Waals surface area contributed by atoms with Gasteiger partial charge in [-0.3, -0.25) is 9.69 Å². The van der Waals surface area contributed by atoms with E-state index < -0.39 is 0 Å². The smallest absolute Gasteiger partial charge is 0.237 e. The van der Waals surface area contributed by atoms with Crippen LogP contribution in [0.4, 0.5) is 0 Å². The fourth-order valence-corrected chi connectivity index (χ4v) is 2.02. The van der Waals surface area contributed by atoms with Gasteiger partial charge in [-0.2, -0.15) is 0 Å². The summed E-state index contributed by atoms with van der Waals surface area (Å²) in [5.41, 5.74) is 5.61. The third-order valence-corrected chi connectivity index (χ3v) is 2.90. The molecular weight excluding hydrogens is 206 g/mol. The lowest BCUT2D eigenvalue weighted by molar-refractivity contribution is -0.132. The highest BCUT2D eigenvalue weighted by Gasteiger charge is 2.30. The van der Waals surface area contributed by atoms with Crippen LogP contribution in [0.2, 0.25) is 0 Å². The summed E-state index contributed by atoms with van der Waals surface area (Å²) in [6.45, 7) is 8.56. The molecule has 3 unspecified atom stereocenters. The van der Waals surface area contributed by atoms with Crippen molar-refractivity contribution < 1.29 is 9.53 Å². The highest BCUT2D eigenvalue weighted by molar-refractivity contribution is 5.81. The van der Waals surface area contributed by atoms with E-state index >= 15 is 0 Å². The average molecular weight is 229 g/mol. The van der Waals surface area contributed by atoms with E-state index in [1.54, 1.807) is 0 Å². The summed E-state index contributed by atoms with van der Waals surface area (Å²) >= 11 is 0. The topological polar surface area (TPSA) is 67.6 Å². The van der Waals surface area contributed by atoms with Crippen LogP contribution in [-0.2, 0) is 9.53 Å². The number of ether oxygens (including phenoxy) is 1. The maximum Gasteiger partial charge on any atom is 0.237 e. The molecule has 3 N–H and O–H groups in total. The minimum absolute atomic E-state index is 0.0422. The van der Waals surface area contributed by atoms with E-state index in [2.05, 4.69) is 10.2 Å². The van der Waals surface area contributed by atoms with Gasteiger partial charge < -0.3 is 15.8 Å². The quantitative estimate of drug-likeness (QED) is 0.686. The summed E-state index contributed by atoms with van der Waals surface area (Å²) in [4.78, 5) is 13.9. The number of likely N-dealkylation sites (N-methyl/N-ethyl adjacent to an activating group) is 1. The molecular formula is C11H23N3O2. The lowest BCUT2D eigenvalue weighted by atomic mass is 10.1. The zero-order chi connectivity index (χ0) is 12.1. The Balaban J connectivity index is 2.54. The summed E-state index contributed by atoms with van der Waals surface area (Å²) in [5, 5.41) is 2.84. The molecule has 0 saturated carbocycles. The van der Waals surface area contributed by atoms with Gasteiger partial charge in [0.15, 0.2) is 0 Å². The number of carbonyl (C=O) groups is 1. The van der Waals surface area contributed by atoms with Crippen molar-refractivity contribution in [3.8, 4) is 0 Å². The van der Waals surface area contributed by atoms with Crippen LogP contribution >= 0.6 is 0 Å². The first-order valence-corrected chi connectivity index (χ1v) is 5.95. The van der Waals surface area contributed by atoms with Gasteiger partial charge in [0, 0.05) is 26.2 Å². The molecule has 0 aromatic rings. The lowest BCUT2D eigenvalue weighted by Gasteiger charge is -2.39. The molecule has 3 atom stereocenters. The normalized spacial score (nSPS) is 28.8. The largest absolute Gasteiger partial charge is 0.371 e. The van der Waals surface area contributed by atoms with Crippen LogP contribution in [0.1, 0.15) is 20.8 Å². The maximum absolute atomic E-state index is 11.7. The molecule has 0 bridgehead atoms. The average Bonchev–Trinajstić information content (AvgIpc) is 2.27.